The molecule has 0 aromatic carbocycles. The number of unbranched alkanes of at least 4 members (excludes halogenated alkanes) is 3. The van der Waals surface area contributed by atoms with E-state index < -0.39 is 0 Å². The Balaban J connectivity index is 3.07. The minimum absolute atomic E-state index is 0.147. The lowest BCUT2D eigenvalue weighted by Crippen LogP contribution is -2.15. The van der Waals surface area contributed by atoms with E-state index in [1.165, 1.54) is 0 Å². The Morgan fingerprint density at radius 3 is 1.18 bits per heavy atom. The molecule has 0 fully saturated rings. The van der Waals surface area contributed by atoms with Gasteiger partial charge in [-0.05, 0) is 6.42 Å². The zero-order chi connectivity index (χ0) is 24.8. The van der Waals surface area contributed by atoms with E-state index in [2.05, 4.69) is 6.92 Å². The zero-order valence-electron chi connectivity index (χ0n) is 21.4. The first-order valence-electron chi connectivity index (χ1n) is 12.5. The first kappa shape index (κ1) is 33.1. The third kappa shape index (κ3) is 29.2. The highest BCUT2D eigenvalue weighted by atomic mass is 16.6. The molecule has 34 heavy (non-hydrogen) atoms. The van der Waals surface area contributed by atoms with Crippen molar-refractivity contribution in [1.29, 1.82) is 0 Å². The zero-order valence-corrected chi connectivity index (χ0v) is 21.4. The molecular formula is C24H48O10. The lowest BCUT2D eigenvalue weighted by Gasteiger charge is -2.08. The van der Waals surface area contributed by atoms with E-state index in [1.54, 1.807) is 7.11 Å². The summed E-state index contributed by atoms with van der Waals surface area (Å²) in [5.74, 6) is -0.147. The standard InChI is InChI=1S/C24H48O10/c1-3-4-5-6-7-24(25)34-23-22-33-21-20-32-19-18-31-17-16-30-15-14-29-13-12-28-11-10-27-9-8-26-2/h3-23H2,1-2H3. The summed E-state index contributed by atoms with van der Waals surface area (Å²) in [7, 11) is 1.64. The monoisotopic (exact) mass is 496 g/mol. The van der Waals surface area contributed by atoms with Gasteiger partial charge in [-0.1, -0.05) is 26.2 Å². The van der Waals surface area contributed by atoms with Crippen LogP contribution in [0.3, 0.4) is 0 Å². The Morgan fingerprint density at radius 1 is 0.471 bits per heavy atom. The van der Waals surface area contributed by atoms with Crippen LogP contribution in [0.1, 0.15) is 39.0 Å². The highest BCUT2D eigenvalue weighted by molar-refractivity contribution is 5.69. The molecule has 0 bridgehead atoms. The smallest absolute Gasteiger partial charge is 0.305 e. The number of esters is 1. The molecule has 0 heterocycles. The molecule has 0 unspecified atom stereocenters. The van der Waals surface area contributed by atoms with Gasteiger partial charge in [-0.3, -0.25) is 4.79 Å². The van der Waals surface area contributed by atoms with Gasteiger partial charge in [0.2, 0.25) is 0 Å². The summed E-state index contributed by atoms with van der Waals surface area (Å²) in [6, 6.07) is 0. The molecule has 204 valence electrons. The summed E-state index contributed by atoms with van der Waals surface area (Å²) < 4.78 is 47.7. The number of hydrogen-bond donors (Lipinski definition) is 0. The van der Waals surface area contributed by atoms with Crippen molar-refractivity contribution in [3.63, 3.8) is 0 Å². The summed E-state index contributed by atoms with van der Waals surface area (Å²) in [6.07, 6.45) is 4.79. The molecule has 0 spiro atoms. The van der Waals surface area contributed by atoms with Gasteiger partial charge in [0.1, 0.15) is 6.61 Å². The third-order valence-electron chi connectivity index (χ3n) is 4.39. The van der Waals surface area contributed by atoms with E-state index in [9.17, 15) is 4.79 Å². The van der Waals surface area contributed by atoms with Crippen LogP contribution in [0, 0.1) is 0 Å². The topological polar surface area (TPSA) is 100 Å². The maximum atomic E-state index is 11.5. The van der Waals surface area contributed by atoms with Crippen LogP contribution in [0.5, 0.6) is 0 Å². The van der Waals surface area contributed by atoms with E-state index in [4.69, 9.17) is 42.6 Å². The Kier molecular flexibility index (Phi) is 29.4. The van der Waals surface area contributed by atoms with Crippen molar-refractivity contribution in [2.75, 3.05) is 113 Å². The minimum Gasteiger partial charge on any atom is -0.463 e. The Labute approximate surface area is 205 Å². The first-order valence-corrected chi connectivity index (χ1v) is 12.5. The average molecular weight is 497 g/mol. The van der Waals surface area contributed by atoms with Crippen molar-refractivity contribution >= 4 is 5.97 Å². The van der Waals surface area contributed by atoms with E-state index in [1.807, 2.05) is 0 Å². The highest BCUT2D eigenvalue weighted by Crippen LogP contribution is 2.03. The fourth-order valence-electron chi connectivity index (χ4n) is 2.55. The SMILES string of the molecule is CCCCCCC(=O)OCCOCCOCCOCCOCCOCCOCCOCCOC. The molecule has 0 aliphatic heterocycles. The predicted octanol–water partition coefficient (Wildman–Crippen LogP) is 2.26. The molecule has 0 aliphatic carbocycles. The normalized spacial score (nSPS) is 11.2. The summed E-state index contributed by atoms with van der Waals surface area (Å²) in [5, 5.41) is 0. The van der Waals surface area contributed by atoms with Gasteiger partial charge in [-0.25, -0.2) is 0 Å². The average Bonchev–Trinajstić information content (AvgIpc) is 2.84. The van der Waals surface area contributed by atoms with Gasteiger partial charge in [0, 0.05) is 13.5 Å². The minimum atomic E-state index is -0.147. The van der Waals surface area contributed by atoms with E-state index in [0.29, 0.717) is 112 Å². The van der Waals surface area contributed by atoms with Crippen LogP contribution in [0.25, 0.3) is 0 Å². The van der Waals surface area contributed by atoms with Crippen LogP contribution in [-0.4, -0.2) is 119 Å². The number of rotatable bonds is 29. The molecule has 10 heteroatoms. The Bertz CT molecular complexity index is 398. The van der Waals surface area contributed by atoms with Crippen molar-refractivity contribution in [2.45, 2.75) is 39.0 Å². The molecule has 0 saturated heterocycles. The Morgan fingerprint density at radius 2 is 0.824 bits per heavy atom. The van der Waals surface area contributed by atoms with Crippen LogP contribution in [0.15, 0.2) is 0 Å². The van der Waals surface area contributed by atoms with Gasteiger partial charge in [0.15, 0.2) is 0 Å². The van der Waals surface area contributed by atoms with Crippen molar-refractivity contribution in [3.8, 4) is 0 Å². The van der Waals surface area contributed by atoms with Gasteiger partial charge in [0.25, 0.3) is 0 Å². The molecule has 0 radical (unpaired) electrons. The lowest BCUT2D eigenvalue weighted by atomic mass is 10.2. The van der Waals surface area contributed by atoms with Crippen LogP contribution in [0.4, 0.5) is 0 Å². The van der Waals surface area contributed by atoms with Crippen molar-refractivity contribution in [3.05, 3.63) is 0 Å². The summed E-state index contributed by atoms with van der Waals surface area (Å²) in [5.41, 5.74) is 0. The maximum absolute atomic E-state index is 11.5. The van der Waals surface area contributed by atoms with Crippen molar-refractivity contribution in [1.82, 2.24) is 0 Å². The molecule has 0 atom stereocenters. The third-order valence-corrected chi connectivity index (χ3v) is 4.39. The second-order valence-corrected chi connectivity index (χ2v) is 7.31. The lowest BCUT2D eigenvalue weighted by molar-refractivity contribution is -0.145. The quantitative estimate of drug-likeness (QED) is 0.113. The largest absolute Gasteiger partial charge is 0.463 e. The van der Waals surface area contributed by atoms with Crippen LogP contribution in [0.2, 0.25) is 0 Å². The van der Waals surface area contributed by atoms with Gasteiger partial charge < -0.3 is 42.6 Å². The second-order valence-electron chi connectivity index (χ2n) is 7.31. The maximum Gasteiger partial charge on any atom is 0.305 e. The van der Waals surface area contributed by atoms with Gasteiger partial charge in [-0.2, -0.15) is 0 Å². The summed E-state index contributed by atoms with van der Waals surface area (Å²) >= 11 is 0. The molecule has 0 saturated carbocycles. The molecule has 10 nitrogen and oxygen atoms in total. The fraction of sp³-hybridized carbons (Fsp3) is 0.958. The fourth-order valence-corrected chi connectivity index (χ4v) is 2.55. The van der Waals surface area contributed by atoms with Crippen molar-refractivity contribution < 1.29 is 47.4 Å². The number of carbonyl (C=O) groups is 1. The molecule has 0 aromatic heterocycles. The molecule has 0 N–H and O–H groups in total. The predicted molar refractivity (Wildman–Crippen MR) is 127 cm³/mol. The van der Waals surface area contributed by atoms with Gasteiger partial charge >= 0.3 is 5.97 Å². The van der Waals surface area contributed by atoms with Gasteiger partial charge in [-0.15, -0.1) is 0 Å². The molecule has 0 aromatic rings. The summed E-state index contributed by atoms with van der Waals surface area (Å²) in [6.45, 7) is 10.2. The second kappa shape index (κ2) is 30.2. The number of carbonyl (C=O) groups excluding carboxylic acids is 1. The van der Waals surface area contributed by atoms with E-state index in [-0.39, 0.29) is 5.97 Å². The number of hydrogen-bond acceptors (Lipinski definition) is 10. The highest BCUT2D eigenvalue weighted by Gasteiger charge is 2.02. The molecular weight excluding hydrogens is 448 g/mol. The molecule has 0 amide bonds. The Hall–Kier alpha value is -0.850. The first-order chi connectivity index (χ1) is 16.8. The van der Waals surface area contributed by atoms with Crippen LogP contribution in [-0.2, 0) is 47.4 Å². The molecule has 0 rings (SSSR count). The number of ether oxygens (including phenoxy) is 9. The number of methoxy groups -OCH3 is 1. The van der Waals surface area contributed by atoms with E-state index >= 15 is 0 Å². The summed E-state index contributed by atoms with van der Waals surface area (Å²) in [4.78, 5) is 11.5. The van der Waals surface area contributed by atoms with E-state index in [0.717, 1.165) is 25.7 Å². The van der Waals surface area contributed by atoms with Gasteiger partial charge in [0.05, 0.1) is 99.1 Å². The van der Waals surface area contributed by atoms with Crippen LogP contribution < -0.4 is 0 Å². The molecule has 0 aliphatic rings. The van der Waals surface area contributed by atoms with Crippen LogP contribution >= 0.6 is 0 Å². The van der Waals surface area contributed by atoms with Crippen molar-refractivity contribution in [2.24, 2.45) is 0 Å².